The van der Waals surface area contributed by atoms with Crippen molar-refractivity contribution in [2.24, 2.45) is 5.92 Å². The van der Waals surface area contributed by atoms with Crippen LogP contribution in [-0.4, -0.2) is 42.4 Å². The SMILES string of the molecule is COc1cc(CC(CCCCc2ccccc2)C(=O)NC2(C(=O)O)CC(C)(F)C2)cc(OC)c1C. The summed E-state index contributed by atoms with van der Waals surface area (Å²) >= 11 is 0. The van der Waals surface area contributed by atoms with Crippen molar-refractivity contribution >= 4 is 11.9 Å². The van der Waals surface area contributed by atoms with E-state index in [-0.39, 0.29) is 18.7 Å². The van der Waals surface area contributed by atoms with Gasteiger partial charge in [-0.25, -0.2) is 9.18 Å². The zero-order chi connectivity index (χ0) is 25.6. The van der Waals surface area contributed by atoms with E-state index in [0.717, 1.165) is 30.4 Å². The molecule has 0 radical (unpaired) electrons. The molecule has 7 heteroatoms. The maximum absolute atomic E-state index is 14.2. The van der Waals surface area contributed by atoms with Gasteiger partial charge in [0.05, 0.1) is 14.2 Å². The molecule has 2 aromatic rings. The number of rotatable bonds is 12. The highest BCUT2D eigenvalue weighted by Gasteiger charge is 2.59. The predicted octanol–water partition coefficient (Wildman–Crippen LogP) is 5.05. The number of alkyl halides is 1. The number of halogens is 1. The van der Waals surface area contributed by atoms with Crippen molar-refractivity contribution in [2.75, 3.05) is 14.2 Å². The Morgan fingerprint density at radius 1 is 1.06 bits per heavy atom. The fraction of sp³-hybridized carbons (Fsp3) is 0.500. The van der Waals surface area contributed by atoms with Gasteiger partial charge in [0, 0.05) is 24.3 Å². The van der Waals surface area contributed by atoms with Crippen LogP contribution in [-0.2, 0) is 22.4 Å². The van der Waals surface area contributed by atoms with E-state index < -0.39 is 23.1 Å². The summed E-state index contributed by atoms with van der Waals surface area (Å²) in [6, 6.07) is 13.9. The van der Waals surface area contributed by atoms with Gasteiger partial charge >= 0.3 is 5.97 Å². The molecule has 2 N–H and O–H groups in total. The van der Waals surface area contributed by atoms with E-state index in [1.54, 1.807) is 14.2 Å². The highest BCUT2D eigenvalue weighted by atomic mass is 19.1. The molecule has 1 amide bonds. The molecule has 35 heavy (non-hydrogen) atoms. The Morgan fingerprint density at radius 3 is 2.17 bits per heavy atom. The lowest BCUT2D eigenvalue weighted by atomic mass is 9.66. The normalized spacial score (nSPS) is 22.1. The molecular formula is C28H36FNO5. The highest BCUT2D eigenvalue weighted by Crippen LogP contribution is 2.44. The molecule has 2 aromatic carbocycles. The number of amides is 1. The lowest BCUT2D eigenvalue weighted by molar-refractivity contribution is -0.161. The first-order valence-electron chi connectivity index (χ1n) is 12.1. The standard InChI is InChI=1S/C28H36FNO5/c1-19-23(34-3)15-21(16-24(19)35-4)14-22(13-9-8-12-20-10-6-5-7-11-20)25(31)30-28(26(32)33)17-27(2,29)18-28/h5-7,10-11,15-16,22H,8-9,12-14,17-18H2,1-4H3,(H,30,31)(H,32,33). The Balaban J connectivity index is 1.76. The minimum Gasteiger partial charge on any atom is -0.496 e. The van der Waals surface area contributed by atoms with Crippen LogP contribution in [0.1, 0.15) is 55.7 Å². The molecule has 0 aromatic heterocycles. The number of hydrogen-bond acceptors (Lipinski definition) is 4. The second-order valence-electron chi connectivity index (χ2n) is 9.90. The number of carbonyl (C=O) groups excluding carboxylic acids is 1. The topological polar surface area (TPSA) is 84.9 Å². The molecule has 1 unspecified atom stereocenters. The number of methoxy groups -OCH3 is 2. The van der Waals surface area contributed by atoms with E-state index in [4.69, 9.17) is 9.47 Å². The zero-order valence-corrected chi connectivity index (χ0v) is 21.0. The summed E-state index contributed by atoms with van der Waals surface area (Å²) in [6.45, 7) is 3.27. The molecule has 1 fully saturated rings. The quantitative estimate of drug-likeness (QED) is 0.411. The van der Waals surface area contributed by atoms with E-state index in [1.807, 2.05) is 37.3 Å². The molecule has 1 atom stereocenters. The van der Waals surface area contributed by atoms with Crippen LogP contribution in [0.4, 0.5) is 4.39 Å². The number of carboxylic acids is 1. The van der Waals surface area contributed by atoms with Crippen LogP contribution >= 0.6 is 0 Å². The summed E-state index contributed by atoms with van der Waals surface area (Å²) in [5.41, 5.74) is -0.173. The van der Waals surface area contributed by atoms with E-state index in [0.29, 0.717) is 24.3 Å². The monoisotopic (exact) mass is 485 g/mol. The third-order valence-electron chi connectivity index (χ3n) is 6.89. The molecule has 190 valence electrons. The van der Waals surface area contributed by atoms with Crippen molar-refractivity contribution in [1.29, 1.82) is 0 Å². The first-order valence-corrected chi connectivity index (χ1v) is 12.1. The number of unbranched alkanes of at least 4 members (excludes halogenated alkanes) is 1. The van der Waals surface area contributed by atoms with Gasteiger partial charge in [-0.15, -0.1) is 0 Å². The van der Waals surface area contributed by atoms with E-state index in [1.165, 1.54) is 12.5 Å². The summed E-state index contributed by atoms with van der Waals surface area (Å²) in [7, 11) is 3.17. The van der Waals surface area contributed by atoms with Crippen LogP contribution in [0.2, 0.25) is 0 Å². The first-order chi connectivity index (χ1) is 16.6. The van der Waals surface area contributed by atoms with Crippen molar-refractivity contribution in [3.63, 3.8) is 0 Å². The molecular weight excluding hydrogens is 449 g/mol. The van der Waals surface area contributed by atoms with E-state index >= 15 is 0 Å². The molecule has 0 aliphatic heterocycles. The number of ether oxygens (including phenoxy) is 2. The van der Waals surface area contributed by atoms with Gasteiger partial charge in [0.25, 0.3) is 0 Å². The molecule has 1 saturated carbocycles. The van der Waals surface area contributed by atoms with Gasteiger partial charge in [0.2, 0.25) is 5.91 Å². The summed E-state index contributed by atoms with van der Waals surface area (Å²) in [5, 5.41) is 12.4. The Morgan fingerprint density at radius 2 is 1.66 bits per heavy atom. The number of carbonyl (C=O) groups is 2. The second-order valence-corrected chi connectivity index (χ2v) is 9.90. The smallest absolute Gasteiger partial charge is 0.329 e. The molecule has 1 aliphatic carbocycles. The Hall–Kier alpha value is -3.09. The summed E-state index contributed by atoms with van der Waals surface area (Å²) in [4.78, 5) is 25.3. The van der Waals surface area contributed by atoms with Crippen LogP contribution < -0.4 is 14.8 Å². The summed E-state index contributed by atoms with van der Waals surface area (Å²) < 4.78 is 25.2. The number of carboxylic acid groups (broad SMARTS) is 1. The summed E-state index contributed by atoms with van der Waals surface area (Å²) in [5.74, 6) is -0.692. The fourth-order valence-electron chi connectivity index (χ4n) is 5.07. The van der Waals surface area contributed by atoms with E-state index in [9.17, 15) is 19.1 Å². The van der Waals surface area contributed by atoms with Crippen molar-refractivity contribution in [1.82, 2.24) is 5.32 Å². The third-order valence-corrected chi connectivity index (χ3v) is 6.89. The van der Waals surface area contributed by atoms with Crippen LogP contribution in [0.3, 0.4) is 0 Å². The number of aliphatic carboxylic acids is 1. The minimum atomic E-state index is -1.59. The van der Waals surface area contributed by atoms with Crippen LogP contribution in [0.15, 0.2) is 42.5 Å². The molecule has 1 aliphatic rings. The van der Waals surface area contributed by atoms with Gasteiger partial charge in [0.1, 0.15) is 22.7 Å². The van der Waals surface area contributed by atoms with Crippen molar-refractivity contribution in [2.45, 2.75) is 70.0 Å². The van der Waals surface area contributed by atoms with Gasteiger partial charge in [-0.05, 0) is 62.8 Å². The molecule has 6 nitrogen and oxygen atoms in total. The first kappa shape index (κ1) is 26.5. The largest absolute Gasteiger partial charge is 0.496 e. The Bertz CT molecular complexity index is 1000. The average molecular weight is 486 g/mol. The highest BCUT2D eigenvalue weighted by molar-refractivity contribution is 5.89. The lowest BCUT2D eigenvalue weighted by Crippen LogP contribution is -2.67. The molecule has 0 bridgehead atoms. The van der Waals surface area contributed by atoms with Crippen molar-refractivity contribution in [3.8, 4) is 11.5 Å². The number of hydrogen-bond donors (Lipinski definition) is 2. The second kappa shape index (κ2) is 11.1. The number of aryl methyl sites for hydroxylation is 1. The lowest BCUT2D eigenvalue weighted by Gasteiger charge is -2.47. The van der Waals surface area contributed by atoms with Gasteiger partial charge in [0.15, 0.2) is 0 Å². The molecule has 0 spiro atoms. The van der Waals surface area contributed by atoms with Gasteiger partial charge < -0.3 is 19.9 Å². The summed E-state index contributed by atoms with van der Waals surface area (Å²) in [6.07, 6.45) is 3.13. The number of nitrogens with one attached hydrogen (secondary N) is 1. The maximum atomic E-state index is 14.2. The Labute approximate surface area is 206 Å². The Kier molecular flexibility index (Phi) is 8.41. The molecule has 0 heterocycles. The van der Waals surface area contributed by atoms with Gasteiger partial charge in [-0.1, -0.05) is 36.8 Å². The van der Waals surface area contributed by atoms with Crippen LogP contribution in [0, 0.1) is 12.8 Å². The third kappa shape index (κ3) is 6.53. The average Bonchev–Trinajstić information content (AvgIpc) is 2.80. The van der Waals surface area contributed by atoms with E-state index in [2.05, 4.69) is 17.4 Å². The fourth-order valence-corrected chi connectivity index (χ4v) is 5.07. The molecule has 3 rings (SSSR count). The maximum Gasteiger partial charge on any atom is 0.329 e. The van der Waals surface area contributed by atoms with Crippen LogP contribution in [0.25, 0.3) is 0 Å². The zero-order valence-electron chi connectivity index (χ0n) is 21.0. The predicted molar refractivity (Wildman–Crippen MR) is 133 cm³/mol. The minimum absolute atomic E-state index is 0.228. The van der Waals surface area contributed by atoms with Gasteiger partial charge in [-0.2, -0.15) is 0 Å². The molecule has 0 saturated heterocycles. The van der Waals surface area contributed by atoms with Crippen LogP contribution in [0.5, 0.6) is 11.5 Å². The van der Waals surface area contributed by atoms with Gasteiger partial charge in [-0.3, -0.25) is 4.79 Å². The van der Waals surface area contributed by atoms with Crippen molar-refractivity contribution < 1.29 is 28.6 Å². The number of benzene rings is 2. The van der Waals surface area contributed by atoms with Crippen molar-refractivity contribution in [3.05, 3.63) is 59.2 Å².